The van der Waals surface area contributed by atoms with E-state index in [9.17, 15) is 14.2 Å². The first-order valence-corrected chi connectivity index (χ1v) is 8.91. The Morgan fingerprint density at radius 2 is 2.36 bits per heavy atom. The lowest BCUT2D eigenvalue weighted by atomic mass is 10.5. The van der Waals surface area contributed by atoms with E-state index in [0.717, 1.165) is 0 Å². The van der Waals surface area contributed by atoms with E-state index < -0.39 is 37.1 Å². The van der Waals surface area contributed by atoms with Gasteiger partial charge in [-0.3, -0.25) is 13.9 Å². The minimum atomic E-state index is -4.44. The molecule has 2 heterocycles. The molecule has 22 heavy (non-hydrogen) atoms. The number of aromatic nitrogens is 2. The molecule has 1 aromatic heterocycles. The number of thioether (sulfide) groups is 1. The minimum Gasteiger partial charge on any atom is -0.461 e. The van der Waals surface area contributed by atoms with Gasteiger partial charge in [0.25, 0.3) is 0 Å². The third-order valence-electron chi connectivity index (χ3n) is 2.61. The number of carbonyl (C=O) groups is 1. The molecule has 1 saturated heterocycles. The van der Waals surface area contributed by atoms with Crippen LogP contribution in [-0.4, -0.2) is 49.3 Å². The van der Waals surface area contributed by atoms with Gasteiger partial charge in [0.05, 0.1) is 0 Å². The molecule has 4 N–H and O–H groups in total. The molecule has 0 spiro atoms. The summed E-state index contributed by atoms with van der Waals surface area (Å²) >= 11 is 1.31. The molecule has 1 aliphatic rings. The second-order valence-corrected chi connectivity index (χ2v) is 7.24. The maximum absolute atomic E-state index is 11.7. The zero-order chi connectivity index (χ0) is 16.3. The normalized spacial score (nSPS) is 21.7. The first kappa shape index (κ1) is 17.0. The van der Waals surface area contributed by atoms with Gasteiger partial charge in [-0.2, -0.15) is 4.98 Å². The van der Waals surface area contributed by atoms with Crippen LogP contribution in [0.2, 0.25) is 0 Å². The van der Waals surface area contributed by atoms with Crippen LogP contribution >= 0.6 is 19.4 Å². The van der Waals surface area contributed by atoms with Crippen LogP contribution in [0.5, 0.6) is 0 Å². The number of nitrogens with two attached hydrogens (primary N) is 1. The fourth-order valence-electron chi connectivity index (χ4n) is 1.70. The molecule has 1 aliphatic heterocycles. The van der Waals surface area contributed by atoms with Crippen molar-refractivity contribution in [3.8, 4) is 0 Å². The molecule has 0 saturated carbocycles. The van der Waals surface area contributed by atoms with Gasteiger partial charge in [0.2, 0.25) is 0 Å². The number of nitrogens with zero attached hydrogens (tertiary/aromatic N) is 2. The number of esters is 1. The van der Waals surface area contributed by atoms with Gasteiger partial charge >= 0.3 is 19.3 Å². The third kappa shape index (κ3) is 4.82. The molecule has 10 nitrogen and oxygen atoms in total. The van der Waals surface area contributed by atoms with Crippen LogP contribution in [0.3, 0.4) is 0 Å². The summed E-state index contributed by atoms with van der Waals surface area (Å²) in [5.74, 6) is -0.464. The van der Waals surface area contributed by atoms with E-state index in [1.54, 1.807) is 0 Å². The van der Waals surface area contributed by atoms with Crippen molar-refractivity contribution in [2.45, 2.75) is 11.7 Å². The molecule has 0 aromatic carbocycles. The van der Waals surface area contributed by atoms with Crippen molar-refractivity contribution < 1.29 is 28.6 Å². The highest BCUT2D eigenvalue weighted by Gasteiger charge is 2.30. The van der Waals surface area contributed by atoms with Crippen LogP contribution in [0.1, 0.15) is 6.23 Å². The molecule has 1 aromatic rings. The monoisotopic (exact) mass is 351 g/mol. The molecule has 0 unspecified atom stereocenters. The van der Waals surface area contributed by atoms with E-state index in [2.05, 4.69) is 4.98 Å². The molecular formula is C10H14N3O7PS. The fraction of sp³-hybridized carbons (Fsp3) is 0.500. The number of nitrogen functional groups attached to an aromatic ring is 1. The number of hydrogen-bond acceptors (Lipinski definition) is 8. The van der Waals surface area contributed by atoms with Gasteiger partial charge in [-0.15, -0.1) is 11.8 Å². The van der Waals surface area contributed by atoms with Gasteiger partial charge in [-0.1, -0.05) is 0 Å². The van der Waals surface area contributed by atoms with Crippen LogP contribution in [0.15, 0.2) is 17.1 Å². The molecule has 0 amide bonds. The van der Waals surface area contributed by atoms with Crippen LogP contribution in [0.4, 0.5) is 5.82 Å². The van der Waals surface area contributed by atoms with E-state index in [4.69, 9.17) is 25.0 Å². The van der Waals surface area contributed by atoms with Crippen molar-refractivity contribution in [3.63, 3.8) is 0 Å². The molecule has 0 bridgehead atoms. The van der Waals surface area contributed by atoms with E-state index in [0.29, 0.717) is 5.75 Å². The van der Waals surface area contributed by atoms with E-state index in [1.807, 2.05) is 0 Å². The van der Waals surface area contributed by atoms with Gasteiger partial charge in [-0.05, 0) is 6.07 Å². The number of carbonyl (C=O) groups excluding carboxylic acids is 1. The van der Waals surface area contributed by atoms with Crippen molar-refractivity contribution in [1.82, 2.24) is 9.55 Å². The summed E-state index contributed by atoms with van der Waals surface area (Å²) in [6.07, 6.45) is -0.0937. The summed E-state index contributed by atoms with van der Waals surface area (Å²) in [7, 11) is -4.44. The average Bonchev–Trinajstić information content (AvgIpc) is 2.83. The lowest BCUT2D eigenvalue weighted by molar-refractivity contribution is -0.144. The van der Waals surface area contributed by atoms with Crippen LogP contribution in [0, 0.1) is 0 Å². The standard InChI is InChI=1S/C10H14N3O7PS/c11-6-1-2-13(10(15)12-6)7-5-22-9(20-7)3-19-8(14)4-21(16,17)18/h1-2,7,9H,3-5H2,(H2,11,12,15)(H2,16,17,18)/t7-,9+/m1/s1. The van der Waals surface area contributed by atoms with Gasteiger partial charge in [0, 0.05) is 11.9 Å². The largest absolute Gasteiger partial charge is 0.461 e. The maximum atomic E-state index is 11.7. The predicted octanol–water partition coefficient (Wildman–Crippen LogP) is -0.866. The summed E-state index contributed by atoms with van der Waals surface area (Å²) in [5, 5.41) is 0. The number of hydrogen-bond donors (Lipinski definition) is 3. The topological polar surface area (TPSA) is 154 Å². The lowest BCUT2D eigenvalue weighted by Crippen LogP contribution is -2.29. The van der Waals surface area contributed by atoms with E-state index >= 15 is 0 Å². The summed E-state index contributed by atoms with van der Waals surface area (Å²) in [5.41, 5.74) is 4.31. The Hall–Kier alpha value is -1.39. The Morgan fingerprint density at radius 1 is 1.64 bits per heavy atom. The second-order valence-electron chi connectivity index (χ2n) is 4.40. The highest BCUT2D eigenvalue weighted by molar-refractivity contribution is 8.00. The van der Waals surface area contributed by atoms with E-state index in [1.165, 1.54) is 28.6 Å². The van der Waals surface area contributed by atoms with Gasteiger partial charge in [0.15, 0.2) is 0 Å². The fourth-order valence-corrected chi connectivity index (χ4v) is 3.11. The lowest BCUT2D eigenvalue weighted by Gasteiger charge is -2.14. The number of ether oxygens (including phenoxy) is 2. The zero-order valence-electron chi connectivity index (χ0n) is 11.2. The van der Waals surface area contributed by atoms with Gasteiger partial charge in [0.1, 0.15) is 30.3 Å². The Labute approximate surface area is 128 Å². The first-order valence-electron chi connectivity index (χ1n) is 6.06. The van der Waals surface area contributed by atoms with Gasteiger partial charge in [-0.25, -0.2) is 4.79 Å². The summed E-state index contributed by atoms with van der Waals surface area (Å²) < 4.78 is 22.2. The van der Waals surface area contributed by atoms with Crippen molar-refractivity contribution in [2.24, 2.45) is 0 Å². The van der Waals surface area contributed by atoms with Crippen molar-refractivity contribution >= 4 is 31.1 Å². The summed E-state index contributed by atoms with van der Waals surface area (Å²) in [4.78, 5) is 43.7. The highest BCUT2D eigenvalue weighted by Crippen LogP contribution is 2.34. The molecule has 122 valence electrons. The Kier molecular flexibility index (Phi) is 5.24. The van der Waals surface area contributed by atoms with Gasteiger partial charge < -0.3 is 25.0 Å². The third-order valence-corrected chi connectivity index (χ3v) is 4.38. The Bertz CT molecular complexity index is 660. The van der Waals surface area contributed by atoms with Crippen LogP contribution in [0.25, 0.3) is 0 Å². The molecule has 0 aliphatic carbocycles. The second kappa shape index (κ2) is 6.80. The first-order chi connectivity index (χ1) is 10.2. The SMILES string of the molecule is Nc1ccn([C@H]2CS[C@@H](COC(=O)CP(=O)(O)O)O2)c(=O)n1. The maximum Gasteiger partial charge on any atom is 0.351 e. The van der Waals surface area contributed by atoms with Crippen molar-refractivity contribution in [3.05, 3.63) is 22.7 Å². The summed E-state index contributed by atoms with van der Waals surface area (Å²) in [6, 6.07) is 1.46. The smallest absolute Gasteiger partial charge is 0.351 e. The number of rotatable bonds is 5. The van der Waals surface area contributed by atoms with Crippen molar-refractivity contribution in [1.29, 1.82) is 0 Å². The Balaban J connectivity index is 1.87. The number of anilines is 1. The Morgan fingerprint density at radius 3 is 3.00 bits per heavy atom. The van der Waals surface area contributed by atoms with Crippen LogP contribution in [-0.2, 0) is 18.8 Å². The predicted molar refractivity (Wildman–Crippen MR) is 77.1 cm³/mol. The minimum absolute atomic E-state index is 0.106. The molecule has 2 atom stereocenters. The highest BCUT2D eigenvalue weighted by atomic mass is 32.2. The molecule has 2 rings (SSSR count). The molecule has 0 radical (unpaired) electrons. The van der Waals surface area contributed by atoms with Crippen LogP contribution < -0.4 is 11.4 Å². The average molecular weight is 351 g/mol. The molecule has 1 fully saturated rings. The molecule has 12 heteroatoms. The zero-order valence-corrected chi connectivity index (χ0v) is 12.9. The van der Waals surface area contributed by atoms with E-state index in [-0.39, 0.29) is 12.4 Å². The molecular weight excluding hydrogens is 337 g/mol. The van der Waals surface area contributed by atoms with Crippen molar-refractivity contribution in [2.75, 3.05) is 24.3 Å². The summed E-state index contributed by atoms with van der Waals surface area (Å²) in [6.45, 7) is -0.169. The quantitative estimate of drug-likeness (QED) is 0.450.